The summed E-state index contributed by atoms with van der Waals surface area (Å²) >= 11 is 0. The van der Waals surface area contributed by atoms with Gasteiger partial charge >= 0.3 is 0 Å². The highest BCUT2D eigenvalue weighted by molar-refractivity contribution is 5.80. The van der Waals surface area contributed by atoms with Crippen molar-refractivity contribution in [2.24, 2.45) is 0 Å². The molecule has 8 N–H and O–H groups in total. The van der Waals surface area contributed by atoms with Gasteiger partial charge in [0.2, 0.25) is 5.91 Å². The number of aliphatic hydroxyl groups excluding tert-OH is 7. The Labute approximate surface area is 385 Å². The molecule has 0 aliphatic carbocycles. The van der Waals surface area contributed by atoms with E-state index in [0.29, 0.717) is 12.8 Å². The SMILES string of the molecule is CCCCCCCCCCCCCC/C=C/CCCC(O)C(O)C(COC1OC(CO)C(O)C(O)C1O)NC(=O)C(O)CCCCCCCCCCCCCCCCCCCCC. The third-order valence-electron chi connectivity index (χ3n) is 13.1. The van der Waals surface area contributed by atoms with Crippen molar-refractivity contribution in [3.63, 3.8) is 0 Å². The van der Waals surface area contributed by atoms with Crippen molar-refractivity contribution in [1.29, 1.82) is 0 Å². The highest BCUT2D eigenvalue weighted by atomic mass is 16.7. The fourth-order valence-electron chi connectivity index (χ4n) is 8.68. The zero-order valence-corrected chi connectivity index (χ0v) is 40.6. The molecule has 1 heterocycles. The average molecular weight is 900 g/mol. The van der Waals surface area contributed by atoms with E-state index in [-0.39, 0.29) is 12.8 Å². The lowest BCUT2D eigenvalue weighted by molar-refractivity contribution is -0.303. The van der Waals surface area contributed by atoms with Crippen LogP contribution in [0.15, 0.2) is 12.2 Å². The minimum absolute atomic E-state index is 0.259. The number of carbonyl (C=O) groups is 1. The molecule has 1 saturated heterocycles. The summed E-state index contributed by atoms with van der Waals surface area (Å²) in [5.74, 6) is -0.702. The number of hydrogen-bond donors (Lipinski definition) is 8. The van der Waals surface area contributed by atoms with Crippen LogP contribution in [0.3, 0.4) is 0 Å². The molecule has 0 aromatic heterocycles. The van der Waals surface area contributed by atoms with Gasteiger partial charge in [0.1, 0.15) is 36.6 Å². The third-order valence-corrected chi connectivity index (χ3v) is 13.1. The van der Waals surface area contributed by atoms with Gasteiger partial charge in [-0.05, 0) is 38.5 Å². The second-order valence-corrected chi connectivity index (χ2v) is 19.0. The van der Waals surface area contributed by atoms with Crippen LogP contribution in [0.4, 0.5) is 0 Å². The Morgan fingerprint density at radius 1 is 0.540 bits per heavy atom. The zero-order valence-electron chi connectivity index (χ0n) is 40.6. The number of carbonyl (C=O) groups excluding carboxylic acids is 1. The van der Waals surface area contributed by atoms with Crippen molar-refractivity contribution in [3.05, 3.63) is 12.2 Å². The molecule has 0 aromatic rings. The van der Waals surface area contributed by atoms with Crippen LogP contribution in [-0.2, 0) is 14.3 Å². The molecular formula is C52H101NO10. The van der Waals surface area contributed by atoms with Crippen molar-refractivity contribution in [1.82, 2.24) is 5.32 Å². The number of allylic oxidation sites excluding steroid dienone is 2. The van der Waals surface area contributed by atoms with Crippen LogP contribution < -0.4 is 5.32 Å². The fourth-order valence-corrected chi connectivity index (χ4v) is 8.68. The van der Waals surface area contributed by atoms with Crippen LogP contribution in [-0.4, -0.2) is 110 Å². The topological polar surface area (TPSA) is 189 Å². The van der Waals surface area contributed by atoms with Crippen LogP contribution in [0.1, 0.15) is 245 Å². The molecule has 1 aliphatic rings. The predicted molar refractivity (Wildman–Crippen MR) is 256 cm³/mol. The number of hydrogen-bond acceptors (Lipinski definition) is 10. The van der Waals surface area contributed by atoms with E-state index in [4.69, 9.17) is 9.47 Å². The van der Waals surface area contributed by atoms with Gasteiger partial charge < -0.3 is 50.5 Å². The zero-order chi connectivity index (χ0) is 46.2. The van der Waals surface area contributed by atoms with E-state index in [1.807, 2.05) is 0 Å². The van der Waals surface area contributed by atoms with E-state index in [0.717, 1.165) is 38.5 Å². The molecule has 9 unspecified atom stereocenters. The number of amides is 1. The largest absolute Gasteiger partial charge is 0.394 e. The number of unbranched alkanes of at least 4 members (excludes halogenated alkanes) is 31. The van der Waals surface area contributed by atoms with E-state index in [9.17, 15) is 40.5 Å². The first-order valence-electron chi connectivity index (χ1n) is 26.6. The van der Waals surface area contributed by atoms with Crippen LogP contribution in [0, 0.1) is 0 Å². The van der Waals surface area contributed by atoms with Gasteiger partial charge in [-0.15, -0.1) is 0 Å². The summed E-state index contributed by atoms with van der Waals surface area (Å²) in [5.41, 5.74) is 0. The molecule has 0 saturated carbocycles. The van der Waals surface area contributed by atoms with E-state index in [2.05, 4.69) is 31.3 Å². The summed E-state index contributed by atoms with van der Waals surface area (Å²) in [6, 6.07) is -1.18. The van der Waals surface area contributed by atoms with Crippen molar-refractivity contribution >= 4 is 5.91 Å². The predicted octanol–water partition coefficient (Wildman–Crippen LogP) is 10.0. The van der Waals surface area contributed by atoms with Crippen LogP contribution in [0.5, 0.6) is 0 Å². The average Bonchev–Trinajstić information content (AvgIpc) is 3.28. The molecule has 9 atom stereocenters. The van der Waals surface area contributed by atoms with Gasteiger partial charge in [0.05, 0.1) is 25.4 Å². The highest BCUT2D eigenvalue weighted by Crippen LogP contribution is 2.23. The minimum Gasteiger partial charge on any atom is -0.394 e. The van der Waals surface area contributed by atoms with Gasteiger partial charge in [-0.3, -0.25) is 4.79 Å². The van der Waals surface area contributed by atoms with Crippen molar-refractivity contribution in [2.75, 3.05) is 13.2 Å². The normalized spacial score (nSPS) is 21.2. The summed E-state index contributed by atoms with van der Waals surface area (Å²) in [5, 5.41) is 75.9. The standard InChI is InChI=1S/C52H101NO10/c1-3-5-7-9-11-13-15-17-19-21-22-24-26-28-30-32-34-36-38-40-45(56)51(61)53-43(42-62-52-50(60)49(59)48(58)46(41-54)63-52)47(57)44(55)39-37-35-33-31-29-27-25-23-20-18-16-14-12-10-8-6-4-2/h31,33,43-50,52,54-60H,3-30,32,34-42H2,1-2H3,(H,53,61)/b33-31+. The number of nitrogens with one attached hydrogen (secondary N) is 1. The molecule has 1 rings (SSSR count). The Hall–Kier alpha value is -1.15. The molecule has 0 radical (unpaired) electrons. The molecule has 374 valence electrons. The van der Waals surface area contributed by atoms with Crippen LogP contribution in [0.2, 0.25) is 0 Å². The van der Waals surface area contributed by atoms with Crippen LogP contribution >= 0.6 is 0 Å². The maximum atomic E-state index is 13.1. The second-order valence-electron chi connectivity index (χ2n) is 19.0. The molecule has 1 amide bonds. The van der Waals surface area contributed by atoms with Gasteiger partial charge in [-0.2, -0.15) is 0 Å². The smallest absolute Gasteiger partial charge is 0.249 e. The van der Waals surface area contributed by atoms with E-state index in [1.165, 1.54) is 167 Å². The number of ether oxygens (including phenoxy) is 2. The van der Waals surface area contributed by atoms with Gasteiger partial charge in [0.15, 0.2) is 6.29 Å². The van der Waals surface area contributed by atoms with Gasteiger partial charge in [0, 0.05) is 0 Å². The van der Waals surface area contributed by atoms with Gasteiger partial charge in [0.25, 0.3) is 0 Å². The van der Waals surface area contributed by atoms with E-state index >= 15 is 0 Å². The molecule has 0 bridgehead atoms. The van der Waals surface area contributed by atoms with Crippen molar-refractivity contribution in [3.8, 4) is 0 Å². The molecule has 1 fully saturated rings. The molecule has 0 spiro atoms. The summed E-state index contributed by atoms with van der Waals surface area (Å²) in [7, 11) is 0. The maximum absolute atomic E-state index is 13.1. The number of aliphatic hydroxyl groups is 7. The second kappa shape index (κ2) is 42.2. The lowest BCUT2D eigenvalue weighted by atomic mass is 9.98. The lowest BCUT2D eigenvalue weighted by Gasteiger charge is -2.40. The van der Waals surface area contributed by atoms with Gasteiger partial charge in [-0.1, -0.05) is 219 Å². The first kappa shape index (κ1) is 59.9. The summed E-state index contributed by atoms with van der Waals surface area (Å²) in [6.45, 7) is 3.46. The Morgan fingerprint density at radius 2 is 0.937 bits per heavy atom. The minimum atomic E-state index is -1.66. The first-order valence-corrected chi connectivity index (χ1v) is 26.6. The molecular weight excluding hydrogens is 799 g/mol. The Balaban J connectivity index is 2.38. The van der Waals surface area contributed by atoms with Crippen molar-refractivity contribution in [2.45, 2.75) is 300 Å². The summed E-state index contributed by atoms with van der Waals surface area (Å²) in [6.07, 6.45) is 35.4. The first-order chi connectivity index (χ1) is 30.7. The monoisotopic (exact) mass is 900 g/mol. The summed E-state index contributed by atoms with van der Waals surface area (Å²) < 4.78 is 11.1. The van der Waals surface area contributed by atoms with Crippen LogP contribution in [0.25, 0.3) is 0 Å². The fraction of sp³-hybridized carbons (Fsp3) is 0.942. The quantitative estimate of drug-likeness (QED) is 0.0216. The molecule has 11 heteroatoms. The summed E-state index contributed by atoms with van der Waals surface area (Å²) in [4.78, 5) is 13.1. The maximum Gasteiger partial charge on any atom is 0.249 e. The molecule has 63 heavy (non-hydrogen) atoms. The Bertz CT molecular complexity index is 1030. The Kier molecular flexibility index (Phi) is 40.1. The molecule has 11 nitrogen and oxygen atoms in total. The highest BCUT2D eigenvalue weighted by Gasteiger charge is 2.44. The lowest BCUT2D eigenvalue weighted by Crippen LogP contribution is -2.60. The third kappa shape index (κ3) is 31.5. The van der Waals surface area contributed by atoms with E-state index in [1.54, 1.807) is 0 Å². The van der Waals surface area contributed by atoms with Crippen molar-refractivity contribution < 1.29 is 50.0 Å². The van der Waals surface area contributed by atoms with Gasteiger partial charge in [-0.25, -0.2) is 0 Å². The molecule has 1 aliphatic heterocycles. The van der Waals surface area contributed by atoms with E-state index < -0.39 is 74.2 Å². The molecule has 0 aromatic carbocycles. The number of rotatable bonds is 45. The Morgan fingerprint density at radius 3 is 1.37 bits per heavy atom.